The molecule has 1 aliphatic rings. The second-order valence-electron chi connectivity index (χ2n) is 5.44. The van der Waals surface area contributed by atoms with E-state index in [1.54, 1.807) is 18.3 Å². The normalized spacial score (nSPS) is 12.5. The van der Waals surface area contributed by atoms with Gasteiger partial charge in [-0.05, 0) is 30.2 Å². The number of ether oxygens (including phenoxy) is 1. The van der Waals surface area contributed by atoms with E-state index in [2.05, 4.69) is 15.3 Å². The van der Waals surface area contributed by atoms with E-state index in [4.69, 9.17) is 16.3 Å². The Morgan fingerprint density at radius 3 is 3.00 bits per heavy atom. The summed E-state index contributed by atoms with van der Waals surface area (Å²) in [6.45, 7) is 1.92. The molecule has 25 heavy (non-hydrogen) atoms. The first-order valence-corrected chi connectivity index (χ1v) is 8.85. The highest BCUT2D eigenvalue weighted by Gasteiger charge is 2.20. The topological polar surface area (TPSA) is 83.8 Å². The van der Waals surface area contributed by atoms with E-state index >= 15 is 0 Å². The van der Waals surface area contributed by atoms with Crippen molar-refractivity contribution in [2.45, 2.75) is 13.3 Å². The van der Waals surface area contributed by atoms with Gasteiger partial charge in [0.05, 0.1) is 29.8 Å². The Morgan fingerprint density at radius 1 is 1.48 bits per heavy atom. The predicted molar refractivity (Wildman–Crippen MR) is 101 cm³/mol. The molecule has 1 amide bonds. The number of phenols is 1. The number of pyridine rings is 1. The van der Waals surface area contributed by atoms with Gasteiger partial charge in [-0.1, -0.05) is 11.6 Å². The highest BCUT2D eigenvalue weighted by Crippen LogP contribution is 2.34. The summed E-state index contributed by atoms with van der Waals surface area (Å²) in [5.74, 6) is 0.373. The van der Waals surface area contributed by atoms with Crippen LogP contribution in [0.15, 0.2) is 29.4 Å². The number of anilines is 1. The van der Waals surface area contributed by atoms with Crippen LogP contribution in [-0.2, 0) is 11.2 Å². The summed E-state index contributed by atoms with van der Waals surface area (Å²) in [6.07, 6.45) is 2.31. The van der Waals surface area contributed by atoms with E-state index in [1.807, 2.05) is 6.92 Å². The van der Waals surface area contributed by atoms with Gasteiger partial charge < -0.3 is 15.2 Å². The molecule has 1 aromatic heterocycles. The number of aliphatic imine (C=N–C) groups is 1. The van der Waals surface area contributed by atoms with Crippen LogP contribution in [0.1, 0.15) is 11.1 Å². The molecule has 1 aliphatic heterocycles. The van der Waals surface area contributed by atoms with E-state index in [1.165, 1.54) is 24.9 Å². The summed E-state index contributed by atoms with van der Waals surface area (Å²) >= 11 is 7.40. The molecule has 0 saturated carbocycles. The lowest BCUT2D eigenvalue weighted by molar-refractivity contribution is -0.113. The highest BCUT2D eigenvalue weighted by atomic mass is 35.5. The first-order chi connectivity index (χ1) is 12.0. The molecule has 0 radical (unpaired) electrons. The number of nitrogens with zero attached hydrogens (tertiary/aromatic N) is 2. The highest BCUT2D eigenvalue weighted by molar-refractivity contribution is 8.14. The number of aromatic hydroxyl groups is 1. The number of methoxy groups -OCH3 is 1. The maximum atomic E-state index is 12.1. The van der Waals surface area contributed by atoms with Gasteiger partial charge in [0.2, 0.25) is 5.91 Å². The lowest BCUT2D eigenvalue weighted by Gasteiger charge is -2.08. The van der Waals surface area contributed by atoms with Gasteiger partial charge in [0, 0.05) is 18.2 Å². The number of halogens is 1. The van der Waals surface area contributed by atoms with Crippen LogP contribution < -0.4 is 10.1 Å². The Morgan fingerprint density at radius 2 is 2.28 bits per heavy atom. The molecule has 0 saturated heterocycles. The van der Waals surface area contributed by atoms with Crippen LogP contribution in [0.25, 0.3) is 0 Å². The molecule has 0 atom stereocenters. The zero-order valence-corrected chi connectivity index (χ0v) is 15.2. The second kappa shape index (κ2) is 7.33. The van der Waals surface area contributed by atoms with Crippen LogP contribution >= 0.6 is 23.4 Å². The molecule has 2 heterocycles. The molecule has 0 bridgehead atoms. The van der Waals surface area contributed by atoms with Gasteiger partial charge in [0.15, 0.2) is 11.5 Å². The number of rotatable bonds is 4. The number of nitrogens with one attached hydrogen (secondary N) is 1. The monoisotopic (exact) mass is 377 g/mol. The Kier molecular flexibility index (Phi) is 5.15. The molecule has 1 aromatic carbocycles. The van der Waals surface area contributed by atoms with Crippen LogP contribution in [0, 0.1) is 6.92 Å². The molecule has 0 aliphatic carbocycles. The van der Waals surface area contributed by atoms with Crippen molar-refractivity contribution < 1.29 is 14.6 Å². The smallest absolute Gasteiger partial charge is 0.234 e. The number of benzene rings is 1. The standard InChI is InChI=1S/C17H16ClN3O3S/c1-9-11-6-16(21-12(11)7-19-17(9)18)25-8-15(23)20-10-3-4-14(24-2)13(22)5-10/h3-5,7,22H,6,8H2,1-2H3,(H,20,23). The number of hydrogen-bond acceptors (Lipinski definition) is 6. The number of carbonyl (C=O) groups excluding carboxylic acids is 1. The average Bonchev–Trinajstić information content (AvgIpc) is 3.01. The fourth-order valence-corrected chi connectivity index (χ4v) is 3.39. The van der Waals surface area contributed by atoms with Crippen molar-refractivity contribution in [1.29, 1.82) is 0 Å². The van der Waals surface area contributed by atoms with Crippen LogP contribution in [0.4, 0.5) is 11.4 Å². The van der Waals surface area contributed by atoms with E-state index in [9.17, 15) is 9.90 Å². The minimum Gasteiger partial charge on any atom is -0.504 e. The zero-order valence-electron chi connectivity index (χ0n) is 13.7. The van der Waals surface area contributed by atoms with E-state index in [-0.39, 0.29) is 17.4 Å². The third-order valence-electron chi connectivity index (χ3n) is 3.78. The maximum absolute atomic E-state index is 12.1. The molecule has 2 aromatic rings. The van der Waals surface area contributed by atoms with Crippen molar-refractivity contribution in [3.05, 3.63) is 40.7 Å². The lowest BCUT2D eigenvalue weighted by Crippen LogP contribution is -2.15. The van der Waals surface area contributed by atoms with Crippen molar-refractivity contribution in [3.63, 3.8) is 0 Å². The lowest BCUT2D eigenvalue weighted by atomic mass is 10.1. The fourth-order valence-electron chi connectivity index (χ4n) is 2.45. The van der Waals surface area contributed by atoms with Gasteiger partial charge in [-0.15, -0.1) is 11.8 Å². The SMILES string of the molecule is COc1ccc(NC(=O)CSC2=Nc3cnc(Cl)c(C)c3C2)cc1O. The van der Waals surface area contributed by atoms with E-state index in [0.717, 1.165) is 21.9 Å². The molecule has 3 rings (SSSR count). The Bertz CT molecular complexity index is 870. The van der Waals surface area contributed by atoms with Crippen molar-refractivity contribution in [2.24, 2.45) is 4.99 Å². The fraction of sp³-hybridized carbons (Fsp3) is 0.235. The first kappa shape index (κ1) is 17.6. The Balaban J connectivity index is 1.57. The second-order valence-corrected chi connectivity index (χ2v) is 6.85. The van der Waals surface area contributed by atoms with Crippen molar-refractivity contribution in [1.82, 2.24) is 4.98 Å². The van der Waals surface area contributed by atoms with Crippen LogP contribution in [-0.4, -0.2) is 33.9 Å². The number of thioether (sulfide) groups is 1. The number of aromatic nitrogens is 1. The number of phenolic OH excluding ortho intramolecular Hbond substituents is 1. The Labute approximate surface area is 154 Å². The number of amides is 1. The molecule has 130 valence electrons. The summed E-state index contributed by atoms with van der Waals surface area (Å²) in [5, 5.41) is 13.8. The molecule has 0 unspecified atom stereocenters. The van der Waals surface area contributed by atoms with E-state index in [0.29, 0.717) is 23.0 Å². The molecule has 0 fully saturated rings. The number of hydrogen-bond donors (Lipinski definition) is 2. The summed E-state index contributed by atoms with van der Waals surface area (Å²) in [6, 6.07) is 4.71. The van der Waals surface area contributed by atoms with Crippen LogP contribution in [0.3, 0.4) is 0 Å². The summed E-state index contributed by atoms with van der Waals surface area (Å²) < 4.78 is 4.97. The van der Waals surface area contributed by atoms with Gasteiger partial charge in [0.25, 0.3) is 0 Å². The molecule has 0 spiro atoms. The Hall–Kier alpha value is -2.25. The summed E-state index contributed by atoms with van der Waals surface area (Å²) in [4.78, 5) is 20.7. The minimum absolute atomic E-state index is 0.0246. The van der Waals surface area contributed by atoms with Crippen molar-refractivity contribution in [3.8, 4) is 11.5 Å². The quantitative estimate of drug-likeness (QED) is 0.793. The molecular formula is C17H16ClN3O3S. The summed E-state index contributed by atoms with van der Waals surface area (Å²) in [7, 11) is 1.47. The van der Waals surface area contributed by atoms with Gasteiger partial charge in [-0.2, -0.15) is 0 Å². The third-order valence-corrected chi connectivity index (χ3v) is 5.13. The van der Waals surface area contributed by atoms with Crippen LogP contribution in [0.2, 0.25) is 5.15 Å². The summed E-state index contributed by atoms with van der Waals surface area (Å²) in [5.41, 5.74) is 3.30. The largest absolute Gasteiger partial charge is 0.504 e. The molecule has 2 N–H and O–H groups in total. The average molecular weight is 378 g/mol. The van der Waals surface area contributed by atoms with Gasteiger partial charge in [-0.3, -0.25) is 4.79 Å². The van der Waals surface area contributed by atoms with Crippen LogP contribution in [0.5, 0.6) is 11.5 Å². The predicted octanol–water partition coefficient (Wildman–Crippen LogP) is 3.72. The van der Waals surface area contributed by atoms with Crippen molar-refractivity contribution in [2.75, 3.05) is 18.2 Å². The van der Waals surface area contributed by atoms with Crippen molar-refractivity contribution >= 4 is 45.7 Å². The first-order valence-electron chi connectivity index (χ1n) is 7.49. The minimum atomic E-state index is -0.180. The van der Waals surface area contributed by atoms with Gasteiger partial charge in [-0.25, -0.2) is 9.98 Å². The number of carbonyl (C=O) groups is 1. The molecular weight excluding hydrogens is 362 g/mol. The molecule has 8 heteroatoms. The third kappa shape index (κ3) is 3.88. The maximum Gasteiger partial charge on any atom is 0.234 e. The van der Waals surface area contributed by atoms with E-state index < -0.39 is 0 Å². The molecule has 6 nitrogen and oxygen atoms in total. The van der Waals surface area contributed by atoms with Gasteiger partial charge in [0.1, 0.15) is 5.15 Å². The van der Waals surface area contributed by atoms with Gasteiger partial charge >= 0.3 is 0 Å². The zero-order chi connectivity index (χ0) is 18.0. The number of fused-ring (bicyclic) bond motifs is 1.